The van der Waals surface area contributed by atoms with Gasteiger partial charge in [-0.25, -0.2) is 0 Å². The van der Waals surface area contributed by atoms with Crippen LogP contribution >= 0.6 is 0 Å². The molecule has 0 radical (unpaired) electrons. The van der Waals surface area contributed by atoms with Gasteiger partial charge in [-0.15, -0.1) is 0 Å². The van der Waals surface area contributed by atoms with Crippen molar-refractivity contribution in [2.24, 2.45) is 0 Å². The second-order valence-corrected chi connectivity index (χ2v) is 12.2. The van der Waals surface area contributed by atoms with Crippen LogP contribution in [0, 0.1) is 23.7 Å². The third-order valence-electron chi connectivity index (χ3n) is 9.42. The Hall–Kier alpha value is -2.92. The van der Waals surface area contributed by atoms with Gasteiger partial charge in [0.05, 0.1) is 25.4 Å². The van der Waals surface area contributed by atoms with E-state index in [1.165, 1.54) is 0 Å². The van der Waals surface area contributed by atoms with Crippen LogP contribution < -0.4 is 0 Å². The lowest BCUT2D eigenvalue weighted by molar-refractivity contribution is -0.214. The molecule has 45 heavy (non-hydrogen) atoms. The zero-order valence-electron chi connectivity index (χ0n) is 24.0. The molecule has 4 aliphatic rings. The van der Waals surface area contributed by atoms with Crippen molar-refractivity contribution < 1.29 is 60.5 Å². The molecule has 6 rings (SSSR count). The van der Waals surface area contributed by atoms with E-state index in [9.17, 15) is 51.1 Å². The lowest BCUT2D eigenvalue weighted by Crippen LogP contribution is -2.58. The van der Waals surface area contributed by atoms with E-state index in [0.717, 1.165) is 22.3 Å². The fourth-order valence-electron chi connectivity index (χ4n) is 6.91. The van der Waals surface area contributed by atoms with Crippen molar-refractivity contribution in [1.29, 1.82) is 0 Å². The standard InChI is InChI=1S/C33H36O12/c34-13-25-29(40)31(42)27(38)23(44-25)7-3-15-1-5-17-18-6-2-16(4-8-24-28(39)32(43)30(41)26(14-35)45-24)10-20(18)33(19(17)9-15)11-21(36)22(37)12-33/h1-2,5-6,9-10,21-32,34-43H,11-14H2/t21-,22+,23-,24-,25-,26-,27-,28-,29-,30-,31-,32?,33?/m1/s1. The normalized spacial score (nSPS) is 40.2. The molecule has 0 bridgehead atoms. The first-order valence-electron chi connectivity index (χ1n) is 14.8. The van der Waals surface area contributed by atoms with Crippen LogP contribution in [0.1, 0.15) is 35.1 Å². The molecular weight excluding hydrogens is 588 g/mol. The number of rotatable bonds is 2. The van der Waals surface area contributed by atoms with Gasteiger partial charge in [-0.1, -0.05) is 35.8 Å². The van der Waals surface area contributed by atoms with Gasteiger partial charge in [0, 0.05) is 16.5 Å². The Morgan fingerprint density at radius 2 is 0.978 bits per heavy atom. The van der Waals surface area contributed by atoms with Gasteiger partial charge in [0.25, 0.3) is 0 Å². The van der Waals surface area contributed by atoms with Crippen molar-refractivity contribution >= 4 is 0 Å². The van der Waals surface area contributed by atoms with Crippen molar-refractivity contribution in [3.63, 3.8) is 0 Å². The monoisotopic (exact) mass is 624 g/mol. The molecule has 2 saturated heterocycles. The summed E-state index contributed by atoms with van der Waals surface area (Å²) in [4.78, 5) is 0. The number of fused-ring (bicyclic) bond motifs is 5. The number of aliphatic hydroxyl groups excluding tert-OH is 10. The van der Waals surface area contributed by atoms with Crippen LogP contribution in [0.3, 0.4) is 0 Å². The summed E-state index contributed by atoms with van der Waals surface area (Å²) in [5, 5.41) is 101. The van der Waals surface area contributed by atoms with Crippen LogP contribution in [-0.4, -0.2) is 138 Å². The zero-order valence-corrected chi connectivity index (χ0v) is 24.0. The first-order valence-corrected chi connectivity index (χ1v) is 14.8. The molecule has 0 aromatic heterocycles. The topological polar surface area (TPSA) is 221 Å². The van der Waals surface area contributed by atoms with E-state index in [1.807, 2.05) is 24.3 Å². The van der Waals surface area contributed by atoms with Crippen molar-refractivity contribution in [2.45, 2.75) is 91.5 Å². The minimum absolute atomic E-state index is 0.224. The zero-order chi connectivity index (χ0) is 32.2. The summed E-state index contributed by atoms with van der Waals surface area (Å²) in [7, 11) is 0. The summed E-state index contributed by atoms with van der Waals surface area (Å²) >= 11 is 0. The maximum Gasteiger partial charge on any atom is 0.147 e. The first-order chi connectivity index (χ1) is 21.5. The fourth-order valence-corrected chi connectivity index (χ4v) is 6.91. The minimum atomic E-state index is -1.55. The molecule has 2 aromatic carbocycles. The summed E-state index contributed by atoms with van der Waals surface area (Å²) in [5.41, 5.74) is 3.69. The van der Waals surface area contributed by atoms with E-state index < -0.39 is 91.9 Å². The van der Waals surface area contributed by atoms with Gasteiger partial charge in [0.15, 0.2) is 0 Å². The van der Waals surface area contributed by atoms with Crippen molar-refractivity contribution in [3.05, 3.63) is 58.7 Å². The predicted molar refractivity (Wildman–Crippen MR) is 155 cm³/mol. The smallest absolute Gasteiger partial charge is 0.147 e. The molecule has 0 amide bonds. The fraction of sp³-hybridized carbons (Fsp3) is 0.515. The van der Waals surface area contributed by atoms with Crippen LogP contribution in [-0.2, 0) is 14.9 Å². The van der Waals surface area contributed by atoms with Gasteiger partial charge < -0.3 is 60.5 Å². The van der Waals surface area contributed by atoms with Crippen LogP contribution in [0.25, 0.3) is 11.1 Å². The first kappa shape index (κ1) is 32.0. The van der Waals surface area contributed by atoms with Crippen molar-refractivity contribution in [1.82, 2.24) is 0 Å². The summed E-state index contributed by atoms with van der Waals surface area (Å²) in [6.45, 7) is -1.13. The van der Waals surface area contributed by atoms with E-state index in [0.29, 0.717) is 11.1 Å². The molecule has 13 atom stereocenters. The molecule has 1 spiro atoms. The molecule has 2 aromatic rings. The van der Waals surface area contributed by atoms with Gasteiger partial charge >= 0.3 is 0 Å². The Bertz CT molecular complexity index is 1430. The quantitative estimate of drug-likeness (QED) is 0.150. The lowest BCUT2D eigenvalue weighted by atomic mass is 9.76. The van der Waals surface area contributed by atoms with E-state index in [2.05, 4.69) is 23.7 Å². The SMILES string of the molecule is OC[C@H]1O[C@H](C#Cc2ccc3c(c2)C2(C[C@@H](O)[C@@H](O)C2)c2cc(C#C[C@H]4O[C@H](CO)[C@@H](O)C(O)[C@@H]4O)ccc2-3)[C@@H](O)[C@@H](O)[C@@H]1O. The van der Waals surface area contributed by atoms with Crippen LogP contribution in [0.2, 0.25) is 0 Å². The Morgan fingerprint density at radius 1 is 0.578 bits per heavy atom. The summed E-state index contributed by atoms with van der Waals surface area (Å²) in [6.07, 6.45) is -15.1. The average molecular weight is 625 g/mol. The molecule has 12 nitrogen and oxygen atoms in total. The Kier molecular flexibility index (Phi) is 8.80. The highest BCUT2D eigenvalue weighted by molar-refractivity contribution is 5.83. The van der Waals surface area contributed by atoms with E-state index in [1.54, 1.807) is 12.1 Å². The van der Waals surface area contributed by atoms with E-state index >= 15 is 0 Å². The highest BCUT2D eigenvalue weighted by Crippen LogP contribution is 2.57. The molecular formula is C33H36O12. The summed E-state index contributed by atoms with van der Waals surface area (Å²) in [6, 6.07) is 11.0. The molecule has 10 N–H and O–H groups in total. The summed E-state index contributed by atoms with van der Waals surface area (Å²) in [5.74, 6) is 11.5. The van der Waals surface area contributed by atoms with E-state index in [4.69, 9.17) is 9.47 Å². The lowest BCUT2D eigenvalue weighted by Gasteiger charge is -2.37. The minimum Gasteiger partial charge on any atom is -0.394 e. The third-order valence-corrected chi connectivity index (χ3v) is 9.42. The molecule has 2 heterocycles. The third kappa shape index (κ3) is 5.47. The highest BCUT2D eigenvalue weighted by atomic mass is 16.5. The van der Waals surface area contributed by atoms with Crippen molar-refractivity contribution in [3.8, 4) is 34.8 Å². The molecule has 2 aliphatic heterocycles. The Morgan fingerprint density at radius 3 is 1.36 bits per heavy atom. The number of benzene rings is 2. The maximum atomic E-state index is 10.7. The largest absolute Gasteiger partial charge is 0.394 e. The van der Waals surface area contributed by atoms with Gasteiger partial charge in [0.1, 0.15) is 61.0 Å². The highest BCUT2D eigenvalue weighted by Gasteiger charge is 2.52. The van der Waals surface area contributed by atoms with Gasteiger partial charge in [0.2, 0.25) is 0 Å². The molecule has 12 heteroatoms. The number of aliphatic hydroxyl groups is 10. The van der Waals surface area contributed by atoms with Crippen LogP contribution in [0.4, 0.5) is 0 Å². The number of ether oxygens (including phenoxy) is 2. The molecule has 240 valence electrons. The average Bonchev–Trinajstić information content (AvgIpc) is 3.49. The molecule has 3 fully saturated rings. The van der Waals surface area contributed by atoms with Crippen molar-refractivity contribution in [2.75, 3.05) is 13.2 Å². The molecule has 1 saturated carbocycles. The van der Waals surface area contributed by atoms with Gasteiger partial charge in [-0.05, 0) is 59.4 Å². The number of hydrogen-bond acceptors (Lipinski definition) is 12. The summed E-state index contributed by atoms with van der Waals surface area (Å²) < 4.78 is 11.0. The molecule has 2 aliphatic carbocycles. The van der Waals surface area contributed by atoms with Crippen LogP contribution in [0.5, 0.6) is 0 Å². The van der Waals surface area contributed by atoms with Crippen LogP contribution in [0.15, 0.2) is 36.4 Å². The Labute approximate surface area is 258 Å². The predicted octanol–water partition coefficient (Wildman–Crippen LogP) is -3.14. The van der Waals surface area contributed by atoms with Gasteiger partial charge in [-0.3, -0.25) is 0 Å². The molecule has 2 unspecified atom stereocenters. The van der Waals surface area contributed by atoms with Gasteiger partial charge in [-0.2, -0.15) is 0 Å². The maximum absolute atomic E-state index is 10.7. The van der Waals surface area contributed by atoms with E-state index in [-0.39, 0.29) is 12.8 Å². The second-order valence-electron chi connectivity index (χ2n) is 12.2. The second kappa shape index (κ2) is 12.4. The Balaban J connectivity index is 1.33. The number of hydrogen-bond donors (Lipinski definition) is 10.